The second-order valence-corrected chi connectivity index (χ2v) is 6.09. The van der Waals surface area contributed by atoms with E-state index in [1.54, 1.807) is 11.8 Å². The molecule has 22 heavy (non-hydrogen) atoms. The first-order valence-electron chi connectivity index (χ1n) is 7.30. The molecule has 1 amide bonds. The molecule has 0 heterocycles. The molecule has 3 nitrogen and oxygen atoms in total. The number of carbonyl (C=O) groups excluding carboxylic acids is 1. The molecule has 0 aliphatic rings. The van der Waals surface area contributed by atoms with Crippen LogP contribution in [-0.4, -0.2) is 24.8 Å². The summed E-state index contributed by atoms with van der Waals surface area (Å²) in [6.45, 7) is 5.16. The van der Waals surface area contributed by atoms with Crippen molar-refractivity contribution < 1.29 is 9.53 Å². The average molecular weight is 315 g/mol. The lowest BCUT2D eigenvalue weighted by Gasteiger charge is -2.08. The first kappa shape index (κ1) is 16.4. The lowest BCUT2D eigenvalue weighted by Crippen LogP contribution is -2.29. The number of amides is 1. The molecule has 0 bridgehead atoms. The fraction of sp³-hybridized carbons (Fsp3) is 0.278. The van der Waals surface area contributed by atoms with E-state index in [0.717, 1.165) is 10.6 Å². The van der Waals surface area contributed by atoms with Crippen LogP contribution < -0.4 is 10.1 Å². The molecule has 0 atom stereocenters. The number of aryl methyl sites for hydroxylation is 2. The molecule has 2 rings (SSSR count). The van der Waals surface area contributed by atoms with Gasteiger partial charge in [-0.15, -0.1) is 11.8 Å². The van der Waals surface area contributed by atoms with Crippen molar-refractivity contribution in [3.8, 4) is 5.75 Å². The largest absolute Gasteiger partial charge is 0.492 e. The summed E-state index contributed by atoms with van der Waals surface area (Å²) in [5, 5.41) is 2.86. The van der Waals surface area contributed by atoms with E-state index in [1.807, 2.05) is 30.3 Å². The van der Waals surface area contributed by atoms with Gasteiger partial charge in [-0.3, -0.25) is 4.79 Å². The lowest BCUT2D eigenvalue weighted by atomic mass is 10.1. The van der Waals surface area contributed by atoms with Crippen molar-refractivity contribution in [2.75, 3.05) is 18.9 Å². The van der Waals surface area contributed by atoms with Gasteiger partial charge in [0.25, 0.3) is 0 Å². The fourth-order valence-electron chi connectivity index (χ4n) is 1.88. The summed E-state index contributed by atoms with van der Waals surface area (Å²) in [5.41, 5.74) is 2.52. The van der Waals surface area contributed by atoms with Crippen molar-refractivity contribution in [2.24, 2.45) is 0 Å². The van der Waals surface area contributed by atoms with Crippen LogP contribution in [0.25, 0.3) is 0 Å². The van der Waals surface area contributed by atoms with E-state index >= 15 is 0 Å². The molecular formula is C18H21NO2S. The highest BCUT2D eigenvalue weighted by molar-refractivity contribution is 8.00. The van der Waals surface area contributed by atoms with Crippen molar-refractivity contribution in [2.45, 2.75) is 18.7 Å². The van der Waals surface area contributed by atoms with Gasteiger partial charge < -0.3 is 10.1 Å². The van der Waals surface area contributed by atoms with E-state index in [1.165, 1.54) is 11.1 Å². The van der Waals surface area contributed by atoms with Gasteiger partial charge in [0.05, 0.1) is 12.3 Å². The molecule has 0 saturated carbocycles. The summed E-state index contributed by atoms with van der Waals surface area (Å²) in [4.78, 5) is 12.9. The smallest absolute Gasteiger partial charge is 0.230 e. The van der Waals surface area contributed by atoms with Crippen LogP contribution in [0, 0.1) is 13.8 Å². The number of nitrogens with one attached hydrogen (secondary N) is 1. The van der Waals surface area contributed by atoms with Crippen LogP contribution in [0.5, 0.6) is 5.75 Å². The number of hydrogen-bond donors (Lipinski definition) is 1. The maximum Gasteiger partial charge on any atom is 0.230 e. The van der Waals surface area contributed by atoms with Crippen LogP contribution in [0.1, 0.15) is 11.1 Å². The summed E-state index contributed by atoms with van der Waals surface area (Å²) >= 11 is 1.55. The number of thioether (sulfide) groups is 1. The van der Waals surface area contributed by atoms with Gasteiger partial charge in [-0.05, 0) is 49.2 Å². The molecule has 0 spiro atoms. The van der Waals surface area contributed by atoms with Gasteiger partial charge in [0.15, 0.2) is 0 Å². The topological polar surface area (TPSA) is 38.3 Å². The summed E-state index contributed by atoms with van der Waals surface area (Å²) in [6, 6.07) is 15.9. The minimum atomic E-state index is 0.0277. The minimum Gasteiger partial charge on any atom is -0.492 e. The van der Waals surface area contributed by atoms with Gasteiger partial charge in [-0.2, -0.15) is 0 Å². The summed E-state index contributed by atoms with van der Waals surface area (Å²) in [7, 11) is 0. The Kier molecular flexibility index (Phi) is 6.34. The van der Waals surface area contributed by atoms with Gasteiger partial charge >= 0.3 is 0 Å². The third kappa shape index (κ3) is 5.45. The number of para-hydroxylation sites is 1. The monoisotopic (exact) mass is 315 g/mol. The standard InChI is InChI=1S/C18H21NO2S/c1-14-8-9-17(12-15(14)2)22-13-18(20)19-10-11-21-16-6-4-3-5-7-16/h3-9,12H,10-11,13H2,1-2H3,(H,19,20). The molecule has 2 aromatic carbocycles. The molecule has 0 aliphatic carbocycles. The Labute approximate surface area is 136 Å². The van der Waals surface area contributed by atoms with Crippen molar-refractivity contribution in [1.29, 1.82) is 0 Å². The van der Waals surface area contributed by atoms with Gasteiger partial charge in [-0.25, -0.2) is 0 Å². The molecular weight excluding hydrogens is 294 g/mol. The second kappa shape index (κ2) is 8.49. The van der Waals surface area contributed by atoms with E-state index in [9.17, 15) is 4.79 Å². The van der Waals surface area contributed by atoms with Crippen molar-refractivity contribution in [3.63, 3.8) is 0 Å². The van der Waals surface area contributed by atoms with E-state index in [0.29, 0.717) is 18.9 Å². The zero-order chi connectivity index (χ0) is 15.8. The van der Waals surface area contributed by atoms with Crippen molar-refractivity contribution in [3.05, 3.63) is 59.7 Å². The van der Waals surface area contributed by atoms with E-state index in [2.05, 4.69) is 37.4 Å². The summed E-state index contributed by atoms with van der Waals surface area (Å²) < 4.78 is 5.53. The van der Waals surface area contributed by atoms with Crippen LogP contribution in [0.15, 0.2) is 53.4 Å². The van der Waals surface area contributed by atoms with Gasteiger partial charge in [0.2, 0.25) is 5.91 Å². The van der Waals surface area contributed by atoms with Gasteiger partial charge in [0.1, 0.15) is 12.4 Å². The number of benzene rings is 2. The third-order valence-corrected chi connectivity index (χ3v) is 4.28. The van der Waals surface area contributed by atoms with Crippen molar-refractivity contribution >= 4 is 17.7 Å². The Balaban J connectivity index is 1.64. The van der Waals surface area contributed by atoms with Gasteiger partial charge in [-0.1, -0.05) is 24.3 Å². The predicted octanol–water partition coefficient (Wildman–Crippen LogP) is 3.59. The highest BCUT2D eigenvalue weighted by Gasteiger charge is 2.03. The maximum absolute atomic E-state index is 11.8. The SMILES string of the molecule is Cc1ccc(SCC(=O)NCCOc2ccccc2)cc1C. The number of ether oxygens (including phenoxy) is 1. The normalized spacial score (nSPS) is 10.3. The van der Waals surface area contributed by atoms with E-state index in [-0.39, 0.29) is 5.91 Å². The third-order valence-electron chi connectivity index (χ3n) is 3.28. The number of hydrogen-bond acceptors (Lipinski definition) is 3. The minimum absolute atomic E-state index is 0.0277. The quantitative estimate of drug-likeness (QED) is 0.627. The Hall–Kier alpha value is -1.94. The van der Waals surface area contributed by atoms with Crippen LogP contribution in [-0.2, 0) is 4.79 Å². The highest BCUT2D eigenvalue weighted by atomic mass is 32.2. The molecule has 0 saturated heterocycles. The Morgan fingerprint density at radius 2 is 1.86 bits per heavy atom. The molecule has 116 valence electrons. The number of carbonyl (C=O) groups is 1. The Bertz CT molecular complexity index is 614. The first-order valence-corrected chi connectivity index (χ1v) is 8.28. The highest BCUT2D eigenvalue weighted by Crippen LogP contribution is 2.20. The molecule has 4 heteroatoms. The molecule has 1 N–H and O–H groups in total. The van der Waals surface area contributed by atoms with Crippen LogP contribution >= 0.6 is 11.8 Å². The predicted molar refractivity (Wildman–Crippen MR) is 91.6 cm³/mol. The molecule has 0 fully saturated rings. The summed E-state index contributed by atoms with van der Waals surface area (Å²) in [5.74, 6) is 1.27. The zero-order valence-corrected chi connectivity index (χ0v) is 13.8. The molecule has 0 radical (unpaired) electrons. The summed E-state index contributed by atoms with van der Waals surface area (Å²) in [6.07, 6.45) is 0. The molecule has 0 unspecified atom stereocenters. The lowest BCUT2D eigenvalue weighted by molar-refractivity contribution is -0.118. The average Bonchev–Trinajstić information content (AvgIpc) is 2.54. The Morgan fingerprint density at radius 3 is 2.59 bits per heavy atom. The van der Waals surface area contributed by atoms with Crippen LogP contribution in [0.4, 0.5) is 0 Å². The van der Waals surface area contributed by atoms with E-state index < -0.39 is 0 Å². The van der Waals surface area contributed by atoms with Crippen LogP contribution in [0.2, 0.25) is 0 Å². The fourth-order valence-corrected chi connectivity index (χ4v) is 2.70. The van der Waals surface area contributed by atoms with E-state index in [4.69, 9.17) is 4.74 Å². The molecule has 0 aliphatic heterocycles. The first-order chi connectivity index (χ1) is 10.6. The molecule has 2 aromatic rings. The number of rotatable bonds is 7. The Morgan fingerprint density at radius 1 is 1.09 bits per heavy atom. The van der Waals surface area contributed by atoms with Gasteiger partial charge in [0, 0.05) is 4.90 Å². The maximum atomic E-state index is 11.8. The molecule has 0 aromatic heterocycles. The second-order valence-electron chi connectivity index (χ2n) is 5.05. The zero-order valence-electron chi connectivity index (χ0n) is 13.0. The van der Waals surface area contributed by atoms with Crippen molar-refractivity contribution in [1.82, 2.24) is 5.32 Å². The van der Waals surface area contributed by atoms with Crippen LogP contribution in [0.3, 0.4) is 0 Å².